The van der Waals surface area contributed by atoms with E-state index < -0.39 is 12.0 Å². The first-order chi connectivity index (χ1) is 8.52. The van der Waals surface area contributed by atoms with E-state index in [0.717, 1.165) is 5.56 Å². The average Bonchev–Trinajstić information content (AvgIpc) is 2.27. The number of nitrogens with two attached hydrogens (primary N) is 1. The van der Waals surface area contributed by atoms with Crippen LogP contribution in [-0.4, -0.2) is 25.2 Å². The molecule has 3 N–H and O–H groups in total. The van der Waals surface area contributed by atoms with Crippen LogP contribution in [-0.2, 0) is 9.53 Å². The number of nitrogens with one attached hydrogen (secondary N) is 1. The molecule has 0 aliphatic heterocycles. The van der Waals surface area contributed by atoms with Gasteiger partial charge in [-0.25, -0.2) is 9.59 Å². The van der Waals surface area contributed by atoms with Crippen molar-refractivity contribution in [3.63, 3.8) is 0 Å². The summed E-state index contributed by atoms with van der Waals surface area (Å²) in [6.45, 7) is 3.65. The maximum Gasteiger partial charge on any atom is 0.344 e. The van der Waals surface area contributed by atoms with Gasteiger partial charge in [-0.15, -0.1) is 0 Å². The van der Waals surface area contributed by atoms with Crippen LogP contribution in [0.5, 0.6) is 5.75 Å². The topological polar surface area (TPSA) is 90.7 Å². The van der Waals surface area contributed by atoms with E-state index in [0.29, 0.717) is 18.0 Å². The number of ether oxygens (including phenoxy) is 2. The van der Waals surface area contributed by atoms with Crippen molar-refractivity contribution in [3.05, 3.63) is 23.8 Å². The zero-order valence-electron chi connectivity index (χ0n) is 10.4. The first-order valence-electron chi connectivity index (χ1n) is 5.48. The fourth-order valence-electron chi connectivity index (χ4n) is 1.34. The average molecular weight is 252 g/mol. The molecule has 0 unspecified atom stereocenters. The molecule has 0 aliphatic rings. The van der Waals surface area contributed by atoms with Crippen LogP contribution in [0.15, 0.2) is 18.2 Å². The van der Waals surface area contributed by atoms with Gasteiger partial charge in [0, 0.05) is 0 Å². The minimum absolute atomic E-state index is 0.218. The first kappa shape index (κ1) is 13.8. The second-order valence-corrected chi connectivity index (χ2v) is 3.58. The predicted molar refractivity (Wildman–Crippen MR) is 66.5 cm³/mol. The van der Waals surface area contributed by atoms with E-state index in [-0.39, 0.29) is 6.61 Å². The van der Waals surface area contributed by atoms with Crippen molar-refractivity contribution < 1.29 is 19.1 Å². The highest BCUT2D eigenvalue weighted by molar-refractivity contribution is 5.89. The summed E-state index contributed by atoms with van der Waals surface area (Å²) in [6, 6.07) is 4.46. The Kier molecular flexibility index (Phi) is 4.98. The predicted octanol–water partition coefficient (Wildman–Crippen LogP) is 1.43. The van der Waals surface area contributed by atoms with Crippen LogP contribution in [0, 0.1) is 6.92 Å². The van der Waals surface area contributed by atoms with Gasteiger partial charge in [0.05, 0.1) is 12.3 Å². The third-order valence-electron chi connectivity index (χ3n) is 2.04. The molecule has 6 nitrogen and oxygen atoms in total. The Morgan fingerprint density at radius 3 is 2.72 bits per heavy atom. The van der Waals surface area contributed by atoms with Gasteiger partial charge in [-0.05, 0) is 31.5 Å². The maximum atomic E-state index is 11.2. The molecule has 0 spiro atoms. The lowest BCUT2D eigenvalue weighted by Gasteiger charge is -2.11. The van der Waals surface area contributed by atoms with Crippen LogP contribution in [0.1, 0.15) is 12.5 Å². The molecular formula is C12H16N2O4. The molecule has 2 amide bonds. The van der Waals surface area contributed by atoms with E-state index in [1.54, 1.807) is 25.1 Å². The molecule has 0 saturated carbocycles. The van der Waals surface area contributed by atoms with E-state index >= 15 is 0 Å². The zero-order chi connectivity index (χ0) is 13.5. The van der Waals surface area contributed by atoms with Crippen LogP contribution < -0.4 is 15.8 Å². The standard InChI is InChI=1S/C12H16N2O4/c1-3-17-11(15)7-18-10-5-4-8(2)6-9(10)14-12(13)16/h4-6H,3,7H2,1-2H3,(H3,13,14,16). The van der Waals surface area contributed by atoms with Gasteiger partial charge in [-0.3, -0.25) is 0 Å². The van der Waals surface area contributed by atoms with E-state index in [4.69, 9.17) is 15.2 Å². The second-order valence-electron chi connectivity index (χ2n) is 3.58. The SMILES string of the molecule is CCOC(=O)COc1ccc(C)cc1NC(N)=O. The molecule has 1 rings (SSSR count). The van der Waals surface area contributed by atoms with Crippen LogP contribution in [0.25, 0.3) is 0 Å². The van der Waals surface area contributed by atoms with Crippen molar-refractivity contribution in [1.82, 2.24) is 0 Å². The number of carbonyl (C=O) groups excluding carboxylic acids is 2. The third-order valence-corrected chi connectivity index (χ3v) is 2.04. The smallest absolute Gasteiger partial charge is 0.344 e. The molecule has 1 aromatic carbocycles. The van der Waals surface area contributed by atoms with Crippen molar-refractivity contribution in [2.45, 2.75) is 13.8 Å². The van der Waals surface area contributed by atoms with E-state index in [1.807, 2.05) is 6.92 Å². The summed E-state index contributed by atoms with van der Waals surface area (Å²) in [5.74, 6) is -0.101. The number of rotatable bonds is 5. The monoisotopic (exact) mass is 252 g/mol. The Morgan fingerprint density at radius 2 is 2.11 bits per heavy atom. The molecule has 0 atom stereocenters. The summed E-state index contributed by atoms with van der Waals surface area (Å²) >= 11 is 0. The summed E-state index contributed by atoms with van der Waals surface area (Å²) in [7, 11) is 0. The van der Waals surface area contributed by atoms with Crippen LogP contribution in [0.3, 0.4) is 0 Å². The minimum Gasteiger partial charge on any atom is -0.480 e. The fourth-order valence-corrected chi connectivity index (χ4v) is 1.34. The van der Waals surface area contributed by atoms with E-state index in [9.17, 15) is 9.59 Å². The molecule has 1 aromatic rings. The van der Waals surface area contributed by atoms with Gasteiger partial charge in [0.15, 0.2) is 6.61 Å². The molecule has 0 radical (unpaired) electrons. The molecule has 0 bridgehead atoms. The second kappa shape index (κ2) is 6.48. The molecule has 0 fully saturated rings. The quantitative estimate of drug-likeness (QED) is 0.775. The molecule has 0 saturated heterocycles. The Bertz CT molecular complexity index is 446. The zero-order valence-corrected chi connectivity index (χ0v) is 10.4. The molecule has 18 heavy (non-hydrogen) atoms. The number of hydrogen-bond acceptors (Lipinski definition) is 4. The van der Waals surface area contributed by atoms with E-state index in [1.165, 1.54) is 0 Å². The van der Waals surface area contributed by atoms with Crippen molar-refractivity contribution >= 4 is 17.7 Å². The van der Waals surface area contributed by atoms with E-state index in [2.05, 4.69) is 5.32 Å². The summed E-state index contributed by atoms with van der Waals surface area (Å²) < 4.78 is 9.99. The highest BCUT2D eigenvalue weighted by Gasteiger charge is 2.09. The summed E-state index contributed by atoms with van der Waals surface area (Å²) in [4.78, 5) is 22.0. The normalized spacial score (nSPS) is 9.67. The Balaban J connectivity index is 2.74. The minimum atomic E-state index is -0.693. The van der Waals surface area contributed by atoms with Gasteiger partial charge >= 0.3 is 12.0 Å². The fraction of sp³-hybridized carbons (Fsp3) is 0.333. The number of amides is 2. The lowest BCUT2D eigenvalue weighted by atomic mass is 10.2. The third kappa shape index (κ3) is 4.32. The highest BCUT2D eigenvalue weighted by Crippen LogP contribution is 2.25. The Labute approximate surface area is 105 Å². The van der Waals surface area contributed by atoms with Crippen molar-refractivity contribution in [2.75, 3.05) is 18.5 Å². The Morgan fingerprint density at radius 1 is 1.39 bits per heavy atom. The largest absolute Gasteiger partial charge is 0.480 e. The number of hydrogen-bond donors (Lipinski definition) is 2. The van der Waals surface area contributed by atoms with Gasteiger partial charge in [0.1, 0.15) is 5.75 Å². The van der Waals surface area contributed by atoms with Crippen LogP contribution in [0.4, 0.5) is 10.5 Å². The molecule has 0 aliphatic carbocycles. The Hall–Kier alpha value is -2.24. The summed E-state index contributed by atoms with van der Waals surface area (Å²) in [5.41, 5.74) is 6.41. The summed E-state index contributed by atoms with van der Waals surface area (Å²) in [5, 5.41) is 2.43. The number of aryl methyl sites for hydroxylation is 1. The molecule has 98 valence electrons. The number of carbonyl (C=O) groups is 2. The lowest BCUT2D eigenvalue weighted by molar-refractivity contribution is -0.145. The molecule has 6 heteroatoms. The number of esters is 1. The maximum absolute atomic E-state index is 11.2. The van der Waals surface area contributed by atoms with Crippen LogP contribution in [0.2, 0.25) is 0 Å². The summed E-state index contributed by atoms with van der Waals surface area (Å²) in [6.07, 6.45) is 0. The van der Waals surface area contributed by atoms with Crippen molar-refractivity contribution in [1.29, 1.82) is 0 Å². The lowest BCUT2D eigenvalue weighted by Crippen LogP contribution is -2.21. The van der Waals surface area contributed by atoms with Crippen LogP contribution >= 0.6 is 0 Å². The number of anilines is 1. The number of urea groups is 1. The van der Waals surface area contributed by atoms with Gasteiger partial charge in [-0.2, -0.15) is 0 Å². The molecular weight excluding hydrogens is 236 g/mol. The van der Waals surface area contributed by atoms with Crippen molar-refractivity contribution in [2.24, 2.45) is 5.73 Å². The van der Waals surface area contributed by atoms with Gasteiger partial charge in [0.25, 0.3) is 0 Å². The van der Waals surface area contributed by atoms with Gasteiger partial charge in [0.2, 0.25) is 0 Å². The highest BCUT2D eigenvalue weighted by atomic mass is 16.6. The van der Waals surface area contributed by atoms with Gasteiger partial charge in [-0.1, -0.05) is 6.07 Å². The van der Waals surface area contributed by atoms with Crippen molar-refractivity contribution in [3.8, 4) is 5.75 Å². The molecule has 0 heterocycles. The van der Waals surface area contributed by atoms with Gasteiger partial charge < -0.3 is 20.5 Å². The number of benzene rings is 1. The molecule has 0 aromatic heterocycles. The number of primary amides is 1. The first-order valence-corrected chi connectivity index (χ1v) is 5.48.